The van der Waals surface area contributed by atoms with Crippen LogP contribution in [0.4, 0.5) is 0 Å². The van der Waals surface area contributed by atoms with Gasteiger partial charge in [0.25, 0.3) is 0 Å². The molecule has 0 aliphatic rings. The van der Waals surface area contributed by atoms with Gasteiger partial charge < -0.3 is 14.2 Å². The average molecular weight is 388 g/mol. The highest BCUT2D eigenvalue weighted by atomic mass is 32.2. The zero-order valence-electron chi connectivity index (χ0n) is 16.1. The number of fused-ring (bicyclic) bond motifs is 1. The molecule has 0 fully saturated rings. The monoisotopic (exact) mass is 387 g/mol. The molecule has 0 saturated heterocycles. The molecule has 0 bridgehead atoms. The van der Waals surface area contributed by atoms with Crippen LogP contribution in [0, 0.1) is 5.92 Å². The molecule has 2 heterocycles. The van der Waals surface area contributed by atoms with Crippen molar-refractivity contribution in [2.24, 2.45) is 5.92 Å². The number of hydrogen-bond acceptors (Lipinski definition) is 6. The van der Waals surface area contributed by atoms with Gasteiger partial charge in [0.1, 0.15) is 11.6 Å². The van der Waals surface area contributed by atoms with E-state index in [1.54, 1.807) is 26.0 Å². The molecule has 0 N–H and O–H groups in total. The summed E-state index contributed by atoms with van der Waals surface area (Å²) in [5.74, 6) is 3.03. The maximum Gasteiger partial charge on any atom is 0.161 e. The van der Waals surface area contributed by atoms with Crippen molar-refractivity contribution >= 4 is 17.4 Å². The Balaban J connectivity index is 1.83. The highest BCUT2D eigenvalue weighted by Crippen LogP contribution is 2.32. The van der Waals surface area contributed by atoms with Gasteiger partial charge in [-0.2, -0.15) is 5.10 Å². The van der Waals surface area contributed by atoms with E-state index < -0.39 is 0 Å². The molecule has 0 radical (unpaired) electrons. The molecule has 6 nitrogen and oxygen atoms in total. The summed E-state index contributed by atoms with van der Waals surface area (Å²) in [6, 6.07) is 9.81. The zero-order chi connectivity index (χ0) is 19.2. The number of thioether (sulfide) groups is 1. The molecule has 144 valence electrons. The van der Waals surface area contributed by atoms with Crippen molar-refractivity contribution in [3.63, 3.8) is 0 Å². The Morgan fingerprint density at radius 3 is 2.67 bits per heavy atom. The topological polar surface area (TPSA) is 57.9 Å². The second-order valence-corrected chi connectivity index (χ2v) is 7.55. The summed E-state index contributed by atoms with van der Waals surface area (Å²) in [4.78, 5) is 4.67. The summed E-state index contributed by atoms with van der Waals surface area (Å²) in [5, 5.41) is 5.65. The van der Waals surface area contributed by atoms with Crippen LogP contribution >= 0.6 is 11.8 Å². The van der Waals surface area contributed by atoms with Crippen LogP contribution in [0.15, 0.2) is 41.6 Å². The van der Waals surface area contributed by atoms with E-state index >= 15 is 0 Å². The largest absolute Gasteiger partial charge is 0.493 e. The fourth-order valence-corrected chi connectivity index (χ4v) is 3.33. The highest BCUT2D eigenvalue weighted by molar-refractivity contribution is 7.99. The highest BCUT2D eigenvalue weighted by Gasteiger charge is 2.11. The minimum atomic E-state index is 0.474. The van der Waals surface area contributed by atoms with E-state index in [-0.39, 0.29) is 0 Å². The second kappa shape index (κ2) is 9.10. The summed E-state index contributed by atoms with van der Waals surface area (Å²) < 4.78 is 18.0. The van der Waals surface area contributed by atoms with Crippen LogP contribution < -0.4 is 9.47 Å². The fourth-order valence-electron chi connectivity index (χ4n) is 2.51. The maximum atomic E-state index is 5.69. The lowest BCUT2D eigenvalue weighted by atomic mass is 10.1. The summed E-state index contributed by atoms with van der Waals surface area (Å²) in [6.07, 6.45) is 1.94. The third kappa shape index (κ3) is 4.93. The first-order valence-electron chi connectivity index (χ1n) is 8.90. The Morgan fingerprint density at radius 1 is 1.07 bits per heavy atom. The van der Waals surface area contributed by atoms with Crippen molar-refractivity contribution in [3.8, 4) is 22.8 Å². The number of hydrogen-bond donors (Lipinski definition) is 0. The number of ether oxygens (including phenoxy) is 3. The molecule has 0 aliphatic carbocycles. The van der Waals surface area contributed by atoms with Gasteiger partial charge in [-0.3, -0.25) is 0 Å². The van der Waals surface area contributed by atoms with Crippen LogP contribution in [0.1, 0.15) is 13.8 Å². The number of benzene rings is 1. The number of aromatic nitrogens is 3. The Morgan fingerprint density at radius 2 is 1.93 bits per heavy atom. The van der Waals surface area contributed by atoms with Gasteiger partial charge in [-0.15, -0.1) is 11.8 Å². The van der Waals surface area contributed by atoms with E-state index in [0.717, 1.165) is 27.7 Å². The minimum Gasteiger partial charge on any atom is -0.493 e. The molecule has 2 aromatic heterocycles. The fraction of sp³-hybridized carbons (Fsp3) is 0.400. The first kappa shape index (κ1) is 19.5. The van der Waals surface area contributed by atoms with Gasteiger partial charge >= 0.3 is 0 Å². The van der Waals surface area contributed by atoms with Crippen molar-refractivity contribution in [1.82, 2.24) is 14.6 Å². The minimum absolute atomic E-state index is 0.474. The average Bonchev–Trinajstić information content (AvgIpc) is 3.10. The Bertz CT molecular complexity index is 895. The molecule has 3 rings (SSSR count). The molecule has 0 amide bonds. The van der Waals surface area contributed by atoms with E-state index in [9.17, 15) is 0 Å². The van der Waals surface area contributed by atoms with Gasteiger partial charge in [-0.25, -0.2) is 9.50 Å². The predicted octanol–water partition coefficient (Wildman–Crippen LogP) is 4.18. The summed E-state index contributed by atoms with van der Waals surface area (Å²) >= 11 is 1.76. The molecule has 0 saturated carbocycles. The van der Waals surface area contributed by atoms with Crippen molar-refractivity contribution in [1.29, 1.82) is 0 Å². The van der Waals surface area contributed by atoms with Gasteiger partial charge in [-0.05, 0) is 36.2 Å². The zero-order valence-corrected chi connectivity index (χ0v) is 17.0. The molecular formula is C20H25N3O3S. The molecule has 0 spiro atoms. The van der Waals surface area contributed by atoms with Crippen molar-refractivity contribution in [3.05, 3.63) is 36.5 Å². The van der Waals surface area contributed by atoms with Crippen LogP contribution in [0.5, 0.6) is 11.5 Å². The molecule has 7 heteroatoms. The van der Waals surface area contributed by atoms with Crippen LogP contribution in [0.3, 0.4) is 0 Å². The first-order chi connectivity index (χ1) is 13.1. The second-order valence-electron chi connectivity index (χ2n) is 6.51. The van der Waals surface area contributed by atoms with Gasteiger partial charge in [0.2, 0.25) is 0 Å². The molecular weight excluding hydrogens is 362 g/mol. The van der Waals surface area contributed by atoms with Crippen molar-refractivity contribution in [2.75, 3.05) is 33.2 Å². The lowest BCUT2D eigenvalue weighted by molar-refractivity contribution is 0.144. The standard InChI is InChI=1S/C20H25N3O3S/c1-14(2)13-27-20-8-7-19-21-16(12-23(19)22-20)15-5-6-17(18(11-15)25-4)26-10-9-24-3/h5-8,11-12,14H,9-10,13H2,1-4H3. The Kier molecular flexibility index (Phi) is 6.58. The Labute approximate surface area is 163 Å². The van der Waals surface area contributed by atoms with E-state index in [2.05, 4.69) is 23.9 Å². The first-order valence-corrected chi connectivity index (χ1v) is 9.88. The number of rotatable bonds is 9. The maximum absolute atomic E-state index is 5.69. The van der Waals surface area contributed by atoms with Gasteiger partial charge in [0.05, 0.1) is 25.6 Å². The third-order valence-electron chi connectivity index (χ3n) is 3.86. The summed E-state index contributed by atoms with van der Waals surface area (Å²) in [7, 11) is 3.28. The van der Waals surface area contributed by atoms with Crippen molar-refractivity contribution < 1.29 is 14.2 Å². The number of nitrogens with zero attached hydrogens (tertiary/aromatic N) is 3. The van der Waals surface area contributed by atoms with E-state index in [0.29, 0.717) is 30.6 Å². The van der Waals surface area contributed by atoms with Crippen LogP contribution in [-0.4, -0.2) is 47.8 Å². The molecule has 27 heavy (non-hydrogen) atoms. The van der Waals surface area contributed by atoms with E-state index in [1.165, 1.54) is 0 Å². The van der Waals surface area contributed by atoms with E-state index in [1.807, 2.05) is 41.0 Å². The summed E-state index contributed by atoms with van der Waals surface area (Å²) in [6.45, 7) is 5.41. The van der Waals surface area contributed by atoms with E-state index in [4.69, 9.17) is 14.2 Å². The Hall–Kier alpha value is -2.25. The van der Waals surface area contributed by atoms with Crippen LogP contribution in [0.25, 0.3) is 16.9 Å². The number of methoxy groups -OCH3 is 2. The number of imidazole rings is 1. The normalized spacial score (nSPS) is 11.3. The molecule has 1 aromatic carbocycles. The van der Waals surface area contributed by atoms with Gasteiger partial charge in [0, 0.05) is 18.4 Å². The lowest BCUT2D eigenvalue weighted by Gasteiger charge is -2.11. The quantitative estimate of drug-likeness (QED) is 0.406. The van der Waals surface area contributed by atoms with Gasteiger partial charge in [0.15, 0.2) is 17.1 Å². The van der Waals surface area contributed by atoms with Gasteiger partial charge in [-0.1, -0.05) is 13.8 Å². The van der Waals surface area contributed by atoms with Crippen molar-refractivity contribution in [2.45, 2.75) is 18.9 Å². The third-order valence-corrected chi connectivity index (χ3v) is 5.21. The predicted molar refractivity (Wildman–Crippen MR) is 108 cm³/mol. The molecule has 0 aliphatic heterocycles. The van der Waals surface area contributed by atoms with Crippen LogP contribution in [-0.2, 0) is 4.74 Å². The SMILES string of the molecule is COCCOc1ccc(-c2cn3nc(SCC(C)C)ccc3n2)cc1OC. The smallest absolute Gasteiger partial charge is 0.161 e. The van der Waals surface area contributed by atoms with Crippen LogP contribution in [0.2, 0.25) is 0 Å². The summed E-state index contributed by atoms with van der Waals surface area (Å²) in [5.41, 5.74) is 2.61. The lowest BCUT2D eigenvalue weighted by Crippen LogP contribution is -2.05. The molecule has 0 unspecified atom stereocenters. The molecule has 3 aromatic rings. The molecule has 0 atom stereocenters.